The maximum absolute atomic E-state index is 12.1. The molecule has 0 unspecified atom stereocenters. The number of hydrogen-bond donors (Lipinski definition) is 0. The average Bonchev–Trinajstić information content (AvgIpc) is 3.13. The largest absolute Gasteiger partial charge is 0.339 e. The number of halogens is 1. The molecule has 0 atom stereocenters. The van der Waals surface area contributed by atoms with Gasteiger partial charge in [0.25, 0.3) is 0 Å². The molecule has 1 heterocycles. The number of hydrogen-bond acceptors (Lipinski definition) is 4. The summed E-state index contributed by atoms with van der Waals surface area (Å²) in [7, 11) is 0. The van der Waals surface area contributed by atoms with Crippen molar-refractivity contribution in [2.45, 2.75) is 38.5 Å². The van der Waals surface area contributed by atoms with Crippen LogP contribution >= 0.6 is 11.6 Å². The predicted octanol–water partition coefficient (Wildman–Crippen LogP) is 3.62. The molecule has 1 aromatic heterocycles. The van der Waals surface area contributed by atoms with Crippen molar-refractivity contribution in [1.82, 2.24) is 10.1 Å². The molecule has 1 saturated carbocycles. The van der Waals surface area contributed by atoms with Crippen LogP contribution in [0.2, 0.25) is 5.02 Å². The first-order valence-electron chi connectivity index (χ1n) is 7.30. The Bertz CT molecular complexity index is 633. The lowest BCUT2D eigenvalue weighted by Gasteiger charge is -2.04. The zero-order valence-electron chi connectivity index (χ0n) is 11.7. The Morgan fingerprint density at radius 3 is 2.81 bits per heavy atom. The van der Waals surface area contributed by atoms with Crippen molar-refractivity contribution in [3.8, 4) is 0 Å². The van der Waals surface area contributed by atoms with Gasteiger partial charge in [0.2, 0.25) is 5.89 Å². The van der Waals surface area contributed by atoms with E-state index in [1.165, 1.54) is 0 Å². The summed E-state index contributed by atoms with van der Waals surface area (Å²) in [5, 5.41) is 4.62. The molecule has 0 aliphatic heterocycles. The molecule has 0 saturated heterocycles. The summed E-state index contributed by atoms with van der Waals surface area (Å²) in [5.41, 5.74) is 0.952. The SMILES string of the molecule is O=C(Cc1nc(Cc2ccccc2Cl)no1)C1CCCC1. The molecule has 0 amide bonds. The quantitative estimate of drug-likeness (QED) is 0.846. The van der Waals surface area contributed by atoms with Gasteiger partial charge in [-0.2, -0.15) is 4.98 Å². The average molecular weight is 305 g/mol. The Hall–Kier alpha value is -1.68. The summed E-state index contributed by atoms with van der Waals surface area (Å²) in [4.78, 5) is 16.4. The smallest absolute Gasteiger partial charge is 0.234 e. The lowest BCUT2D eigenvalue weighted by Crippen LogP contribution is -2.13. The zero-order valence-corrected chi connectivity index (χ0v) is 12.5. The summed E-state index contributed by atoms with van der Waals surface area (Å²) in [5.74, 6) is 1.38. The number of rotatable bonds is 5. The van der Waals surface area contributed by atoms with E-state index in [1.54, 1.807) is 0 Å². The fourth-order valence-electron chi connectivity index (χ4n) is 2.79. The van der Waals surface area contributed by atoms with Gasteiger partial charge in [-0.25, -0.2) is 0 Å². The predicted molar refractivity (Wildman–Crippen MR) is 79.2 cm³/mol. The van der Waals surface area contributed by atoms with Crippen LogP contribution in [0.4, 0.5) is 0 Å². The van der Waals surface area contributed by atoms with Crippen LogP contribution in [0, 0.1) is 5.92 Å². The highest BCUT2D eigenvalue weighted by atomic mass is 35.5. The molecule has 5 heteroatoms. The molecular weight excluding hydrogens is 288 g/mol. The number of aromatic nitrogens is 2. The Morgan fingerprint density at radius 2 is 2.05 bits per heavy atom. The molecule has 1 aliphatic rings. The minimum absolute atomic E-state index is 0.184. The molecular formula is C16H17ClN2O2. The highest BCUT2D eigenvalue weighted by Crippen LogP contribution is 2.26. The lowest BCUT2D eigenvalue weighted by atomic mass is 10.0. The Balaban J connectivity index is 1.63. The molecule has 1 aromatic carbocycles. The van der Waals surface area contributed by atoms with E-state index in [2.05, 4.69) is 10.1 Å². The summed E-state index contributed by atoms with van der Waals surface area (Å²) < 4.78 is 5.18. The van der Waals surface area contributed by atoms with E-state index in [9.17, 15) is 4.79 Å². The molecule has 0 radical (unpaired) electrons. The first-order valence-corrected chi connectivity index (χ1v) is 7.68. The van der Waals surface area contributed by atoms with Crippen molar-refractivity contribution in [2.75, 3.05) is 0 Å². The zero-order chi connectivity index (χ0) is 14.7. The van der Waals surface area contributed by atoms with Crippen LogP contribution in [-0.2, 0) is 17.6 Å². The normalized spacial score (nSPS) is 15.5. The highest BCUT2D eigenvalue weighted by Gasteiger charge is 2.24. The third kappa shape index (κ3) is 3.50. The van der Waals surface area contributed by atoms with Gasteiger partial charge in [-0.3, -0.25) is 4.79 Å². The number of nitrogens with zero attached hydrogens (tertiary/aromatic N) is 2. The molecule has 3 rings (SSSR count). The maximum atomic E-state index is 12.1. The number of ketones is 1. The lowest BCUT2D eigenvalue weighted by molar-refractivity contribution is -0.122. The van der Waals surface area contributed by atoms with Crippen LogP contribution in [0.1, 0.15) is 43.0 Å². The van der Waals surface area contributed by atoms with Crippen LogP contribution in [0.3, 0.4) is 0 Å². The first-order chi connectivity index (χ1) is 10.2. The van der Waals surface area contributed by atoms with Crippen LogP contribution in [0.25, 0.3) is 0 Å². The monoisotopic (exact) mass is 304 g/mol. The van der Waals surface area contributed by atoms with Crippen molar-refractivity contribution >= 4 is 17.4 Å². The molecule has 21 heavy (non-hydrogen) atoms. The summed E-state index contributed by atoms with van der Waals surface area (Å²) >= 11 is 6.11. The molecule has 110 valence electrons. The highest BCUT2D eigenvalue weighted by molar-refractivity contribution is 6.31. The second-order valence-corrected chi connectivity index (χ2v) is 5.90. The van der Waals surface area contributed by atoms with E-state index in [-0.39, 0.29) is 18.1 Å². The van der Waals surface area contributed by atoms with E-state index in [0.29, 0.717) is 23.2 Å². The van der Waals surface area contributed by atoms with Gasteiger partial charge in [0, 0.05) is 17.4 Å². The second kappa shape index (κ2) is 6.39. The van der Waals surface area contributed by atoms with Crippen molar-refractivity contribution in [3.63, 3.8) is 0 Å². The van der Waals surface area contributed by atoms with Crippen molar-refractivity contribution in [1.29, 1.82) is 0 Å². The van der Waals surface area contributed by atoms with Crippen molar-refractivity contribution in [3.05, 3.63) is 46.6 Å². The van der Waals surface area contributed by atoms with E-state index in [1.807, 2.05) is 24.3 Å². The van der Waals surface area contributed by atoms with Gasteiger partial charge in [0.05, 0.1) is 6.42 Å². The van der Waals surface area contributed by atoms with Gasteiger partial charge < -0.3 is 4.52 Å². The summed E-state index contributed by atoms with van der Waals surface area (Å²) in [6, 6.07) is 7.57. The van der Waals surface area contributed by atoms with Gasteiger partial charge in [-0.1, -0.05) is 47.8 Å². The number of benzene rings is 1. The third-order valence-electron chi connectivity index (χ3n) is 3.95. The van der Waals surface area contributed by atoms with Gasteiger partial charge in [0.15, 0.2) is 5.82 Å². The molecule has 0 N–H and O–H groups in total. The standard InChI is InChI=1S/C16H17ClN2O2/c17-13-8-4-3-7-12(13)9-15-18-16(21-19-15)10-14(20)11-5-1-2-6-11/h3-4,7-8,11H,1-2,5-6,9-10H2. The fraction of sp³-hybridized carbons (Fsp3) is 0.438. The van der Waals surface area contributed by atoms with Crippen LogP contribution in [0.5, 0.6) is 0 Å². The fourth-order valence-corrected chi connectivity index (χ4v) is 2.99. The van der Waals surface area contributed by atoms with Crippen molar-refractivity contribution < 1.29 is 9.32 Å². The first kappa shape index (κ1) is 14.3. The molecule has 4 nitrogen and oxygen atoms in total. The Labute approximate surface area is 128 Å². The van der Waals surface area contributed by atoms with Gasteiger partial charge in [-0.05, 0) is 24.5 Å². The summed E-state index contributed by atoms with van der Waals surface area (Å²) in [6.07, 6.45) is 5.07. The molecule has 1 fully saturated rings. The minimum Gasteiger partial charge on any atom is -0.339 e. The van der Waals surface area contributed by atoms with E-state index in [0.717, 1.165) is 31.2 Å². The molecule has 0 spiro atoms. The van der Waals surface area contributed by atoms with E-state index in [4.69, 9.17) is 16.1 Å². The van der Waals surface area contributed by atoms with Crippen LogP contribution in [0.15, 0.2) is 28.8 Å². The third-order valence-corrected chi connectivity index (χ3v) is 4.32. The molecule has 1 aliphatic carbocycles. The Morgan fingerprint density at radius 1 is 1.29 bits per heavy atom. The molecule has 2 aromatic rings. The number of Topliss-reactive ketones (excluding diaryl/α,β-unsaturated/α-hetero) is 1. The van der Waals surface area contributed by atoms with E-state index < -0.39 is 0 Å². The Kier molecular flexibility index (Phi) is 4.34. The van der Waals surface area contributed by atoms with E-state index >= 15 is 0 Å². The number of carbonyl (C=O) groups excluding carboxylic acids is 1. The van der Waals surface area contributed by atoms with Crippen LogP contribution < -0.4 is 0 Å². The van der Waals surface area contributed by atoms with Gasteiger partial charge >= 0.3 is 0 Å². The van der Waals surface area contributed by atoms with Gasteiger partial charge in [-0.15, -0.1) is 0 Å². The summed E-state index contributed by atoms with van der Waals surface area (Å²) in [6.45, 7) is 0. The van der Waals surface area contributed by atoms with Gasteiger partial charge in [0.1, 0.15) is 5.78 Å². The second-order valence-electron chi connectivity index (χ2n) is 5.50. The maximum Gasteiger partial charge on any atom is 0.234 e. The minimum atomic E-state index is 0.184. The topological polar surface area (TPSA) is 56.0 Å². The van der Waals surface area contributed by atoms with Crippen molar-refractivity contribution in [2.24, 2.45) is 5.92 Å². The number of carbonyl (C=O) groups is 1. The molecule has 0 bridgehead atoms. The van der Waals surface area contributed by atoms with Crippen LogP contribution in [-0.4, -0.2) is 15.9 Å².